The van der Waals surface area contributed by atoms with Crippen LogP contribution >= 0.6 is 0 Å². The minimum Gasteiger partial charge on any atom is -0.478 e. The molecule has 0 atom stereocenters. The van der Waals surface area contributed by atoms with Crippen LogP contribution in [0.2, 0.25) is 0 Å². The number of benzene rings is 2. The number of carboxylic acids is 1. The van der Waals surface area contributed by atoms with Gasteiger partial charge in [0.1, 0.15) is 11.6 Å². The van der Waals surface area contributed by atoms with Crippen LogP contribution in [-0.4, -0.2) is 16.1 Å². The van der Waals surface area contributed by atoms with Crippen molar-refractivity contribution in [3.05, 3.63) is 66.0 Å². The number of carboxylic acid groups (broad SMARTS) is 1. The normalized spacial score (nSPS) is 10.5. The van der Waals surface area contributed by atoms with Gasteiger partial charge in [-0.1, -0.05) is 24.3 Å². The second-order valence-corrected chi connectivity index (χ2v) is 4.39. The van der Waals surface area contributed by atoms with Crippen molar-refractivity contribution in [3.63, 3.8) is 0 Å². The Balaban J connectivity index is 2.09. The number of para-hydroxylation sites is 1. The molecule has 0 fully saturated rings. The van der Waals surface area contributed by atoms with Crippen molar-refractivity contribution >= 4 is 16.9 Å². The van der Waals surface area contributed by atoms with E-state index in [1.54, 1.807) is 30.3 Å². The first-order valence-electron chi connectivity index (χ1n) is 6.20. The number of aromatic carboxylic acids is 1. The summed E-state index contributed by atoms with van der Waals surface area (Å²) in [7, 11) is 0. The van der Waals surface area contributed by atoms with Gasteiger partial charge in [-0.25, -0.2) is 14.2 Å². The van der Waals surface area contributed by atoms with Gasteiger partial charge in [0.05, 0.1) is 11.1 Å². The molecule has 21 heavy (non-hydrogen) atoms. The van der Waals surface area contributed by atoms with Crippen molar-refractivity contribution in [2.24, 2.45) is 0 Å². The molecule has 0 aliphatic rings. The van der Waals surface area contributed by atoms with E-state index in [1.165, 1.54) is 24.3 Å². The Morgan fingerprint density at radius 3 is 2.67 bits per heavy atom. The van der Waals surface area contributed by atoms with E-state index in [-0.39, 0.29) is 17.2 Å². The number of pyridine rings is 1. The summed E-state index contributed by atoms with van der Waals surface area (Å²) < 4.78 is 18.6. The maximum absolute atomic E-state index is 13.1. The third kappa shape index (κ3) is 2.67. The number of fused-ring (bicyclic) bond motifs is 1. The standard InChI is InChI=1S/C16H10FNO3/c17-10-4-3-5-11(8-10)21-15-9-13(16(19)20)12-6-1-2-7-14(12)18-15/h1-9H,(H,19,20). The molecule has 4 nitrogen and oxygen atoms in total. The minimum atomic E-state index is -1.07. The molecule has 0 unspecified atom stereocenters. The van der Waals surface area contributed by atoms with Crippen molar-refractivity contribution in [1.82, 2.24) is 4.98 Å². The van der Waals surface area contributed by atoms with E-state index in [2.05, 4.69) is 4.98 Å². The molecule has 0 radical (unpaired) electrons. The van der Waals surface area contributed by atoms with Crippen LogP contribution in [-0.2, 0) is 0 Å². The highest BCUT2D eigenvalue weighted by Crippen LogP contribution is 2.26. The van der Waals surface area contributed by atoms with Crippen LogP contribution in [0.1, 0.15) is 10.4 Å². The number of hydrogen-bond acceptors (Lipinski definition) is 3. The summed E-state index contributed by atoms with van der Waals surface area (Å²) in [4.78, 5) is 15.6. The molecule has 2 aromatic carbocycles. The number of ether oxygens (including phenoxy) is 1. The van der Waals surface area contributed by atoms with Crippen molar-refractivity contribution < 1.29 is 19.0 Å². The monoisotopic (exact) mass is 283 g/mol. The SMILES string of the molecule is O=C(O)c1cc(Oc2cccc(F)c2)nc2ccccc12. The first kappa shape index (κ1) is 13.1. The molecule has 3 aromatic rings. The molecular weight excluding hydrogens is 273 g/mol. The number of aromatic nitrogens is 1. The van der Waals surface area contributed by atoms with Gasteiger partial charge in [-0.15, -0.1) is 0 Å². The predicted molar refractivity (Wildman–Crippen MR) is 75.2 cm³/mol. The summed E-state index contributed by atoms with van der Waals surface area (Å²) in [5.41, 5.74) is 0.593. The topological polar surface area (TPSA) is 59.4 Å². The van der Waals surface area contributed by atoms with E-state index in [0.29, 0.717) is 10.9 Å². The second kappa shape index (κ2) is 5.20. The van der Waals surface area contributed by atoms with E-state index in [9.17, 15) is 14.3 Å². The molecule has 1 aromatic heterocycles. The van der Waals surface area contributed by atoms with Crippen LogP contribution < -0.4 is 4.74 Å². The average Bonchev–Trinajstić information content (AvgIpc) is 2.46. The summed E-state index contributed by atoms with van der Waals surface area (Å²) in [5, 5.41) is 9.80. The van der Waals surface area contributed by atoms with E-state index in [0.717, 1.165) is 0 Å². The molecule has 3 rings (SSSR count). The summed E-state index contributed by atoms with van der Waals surface area (Å²) in [6.45, 7) is 0. The first-order chi connectivity index (χ1) is 10.1. The molecule has 1 heterocycles. The Bertz CT molecular complexity index is 833. The molecule has 0 saturated carbocycles. The van der Waals surface area contributed by atoms with Crippen molar-refractivity contribution in [2.45, 2.75) is 0 Å². The number of nitrogens with zero attached hydrogens (tertiary/aromatic N) is 1. The van der Waals surface area contributed by atoms with Gasteiger partial charge in [-0.3, -0.25) is 0 Å². The van der Waals surface area contributed by atoms with Gasteiger partial charge in [0.25, 0.3) is 0 Å². The van der Waals surface area contributed by atoms with E-state index < -0.39 is 11.8 Å². The van der Waals surface area contributed by atoms with Crippen LogP contribution in [0, 0.1) is 5.82 Å². The number of halogens is 1. The highest BCUT2D eigenvalue weighted by atomic mass is 19.1. The zero-order valence-corrected chi connectivity index (χ0v) is 10.8. The fraction of sp³-hybridized carbons (Fsp3) is 0. The average molecular weight is 283 g/mol. The molecular formula is C16H10FNO3. The molecule has 0 aliphatic carbocycles. The summed E-state index contributed by atoms with van der Waals surface area (Å²) in [6, 6.07) is 13.8. The lowest BCUT2D eigenvalue weighted by atomic mass is 10.1. The van der Waals surface area contributed by atoms with Gasteiger partial charge in [0, 0.05) is 17.5 Å². The number of hydrogen-bond donors (Lipinski definition) is 1. The lowest BCUT2D eigenvalue weighted by Gasteiger charge is -2.08. The molecule has 5 heteroatoms. The van der Waals surface area contributed by atoms with E-state index >= 15 is 0 Å². The highest BCUT2D eigenvalue weighted by molar-refractivity contribution is 6.02. The first-order valence-corrected chi connectivity index (χ1v) is 6.20. The maximum atomic E-state index is 13.1. The Labute approximate surface area is 119 Å². The zero-order valence-electron chi connectivity index (χ0n) is 10.8. The maximum Gasteiger partial charge on any atom is 0.336 e. The summed E-state index contributed by atoms with van der Waals surface area (Å²) >= 11 is 0. The third-order valence-corrected chi connectivity index (χ3v) is 2.94. The van der Waals surface area contributed by atoms with Gasteiger partial charge in [-0.05, 0) is 18.2 Å². The molecule has 0 bridgehead atoms. The van der Waals surface area contributed by atoms with Crippen LogP contribution in [0.4, 0.5) is 4.39 Å². The Kier molecular flexibility index (Phi) is 3.23. The fourth-order valence-electron chi connectivity index (χ4n) is 2.03. The Morgan fingerprint density at radius 1 is 1.10 bits per heavy atom. The lowest BCUT2D eigenvalue weighted by Crippen LogP contribution is -2.00. The highest BCUT2D eigenvalue weighted by Gasteiger charge is 2.12. The number of carbonyl (C=O) groups is 1. The third-order valence-electron chi connectivity index (χ3n) is 2.94. The van der Waals surface area contributed by atoms with Gasteiger partial charge in [0.2, 0.25) is 5.88 Å². The quantitative estimate of drug-likeness (QED) is 0.792. The molecule has 0 spiro atoms. The molecule has 0 aliphatic heterocycles. The molecule has 1 N–H and O–H groups in total. The van der Waals surface area contributed by atoms with Crippen LogP contribution in [0.25, 0.3) is 10.9 Å². The van der Waals surface area contributed by atoms with E-state index in [1.807, 2.05) is 0 Å². The largest absolute Gasteiger partial charge is 0.478 e. The van der Waals surface area contributed by atoms with Crippen LogP contribution in [0.5, 0.6) is 11.6 Å². The summed E-state index contributed by atoms with van der Waals surface area (Å²) in [6.07, 6.45) is 0. The van der Waals surface area contributed by atoms with Gasteiger partial charge < -0.3 is 9.84 Å². The Morgan fingerprint density at radius 2 is 1.90 bits per heavy atom. The molecule has 0 saturated heterocycles. The smallest absolute Gasteiger partial charge is 0.336 e. The van der Waals surface area contributed by atoms with Crippen molar-refractivity contribution in [3.8, 4) is 11.6 Å². The van der Waals surface area contributed by atoms with Gasteiger partial charge >= 0.3 is 5.97 Å². The van der Waals surface area contributed by atoms with Crippen LogP contribution in [0.3, 0.4) is 0 Å². The molecule has 0 amide bonds. The van der Waals surface area contributed by atoms with Crippen molar-refractivity contribution in [1.29, 1.82) is 0 Å². The van der Waals surface area contributed by atoms with Gasteiger partial charge in [-0.2, -0.15) is 0 Å². The fourth-order valence-corrected chi connectivity index (χ4v) is 2.03. The Hall–Kier alpha value is -2.95. The lowest BCUT2D eigenvalue weighted by molar-refractivity contribution is 0.0698. The van der Waals surface area contributed by atoms with Gasteiger partial charge in [0.15, 0.2) is 0 Å². The summed E-state index contributed by atoms with van der Waals surface area (Å²) in [5.74, 6) is -1.14. The minimum absolute atomic E-state index is 0.0898. The second-order valence-electron chi connectivity index (χ2n) is 4.39. The zero-order chi connectivity index (χ0) is 14.8. The van der Waals surface area contributed by atoms with Crippen molar-refractivity contribution in [2.75, 3.05) is 0 Å². The van der Waals surface area contributed by atoms with E-state index in [4.69, 9.17) is 4.74 Å². The number of rotatable bonds is 3. The predicted octanol–water partition coefficient (Wildman–Crippen LogP) is 3.86. The molecule has 104 valence electrons. The van der Waals surface area contributed by atoms with Crippen LogP contribution in [0.15, 0.2) is 54.6 Å².